The number of hydrogen-bond acceptors (Lipinski definition) is 3. The zero-order valence-electron chi connectivity index (χ0n) is 13.5. The van der Waals surface area contributed by atoms with E-state index in [1.165, 1.54) is 16.5 Å². The Bertz CT molecular complexity index is 949. The van der Waals surface area contributed by atoms with Crippen molar-refractivity contribution < 1.29 is 8.42 Å². The third-order valence-corrected chi connectivity index (χ3v) is 5.42. The van der Waals surface area contributed by atoms with Crippen LogP contribution in [0.5, 0.6) is 0 Å². The summed E-state index contributed by atoms with van der Waals surface area (Å²) in [5.41, 5.74) is 5.89. The third-order valence-electron chi connectivity index (χ3n) is 4.82. The Morgan fingerprint density at radius 1 is 1.12 bits per heavy atom. The average Bonchev–Trinajstić information content (AvgIpc) is 2.94. The van der Waals surface area contributed by atoms with Gasteiger partial charge in [0.1, 0.15) is 0 Å². The minimum atomic E-state index is -2.45. The van der Waals surface area contributed by atoms with Gasteiger partial charge in [-0.25, -0.2) is 8.42 Å². The topological polar surface area (TPSA) is 53.2 Å². The molecule has 5 heteroatoms. The van der Waals surface area contributed by atoms with Gasteiger partial charge in [-0.2, -0.15) is 0 Å². The molecule has 1 aliphatic rings. The fourth-order valence-electron chi connectivity index (χ4n) is 3.72. The minimum Gasteiger partial charge on any atom is -0.357 e. The molecule has 0 fully saturated rings. The van der Waals surface area contributed by atoms with Crippen molar-refractivity contribution in [1.82, 2.24) is 9.88 Å². The number of para-hydroxylation sites is 1. The molecule has 1 atom stereocenters. The van der Waals surface area contributed by atoms with E-state index in [1.807, 2.05) is 11.0 Å². The molecule has 124 valence electrons. The number of aromatic amines is 1. The van der Waals surface area contributed by atoms with Crippen LogP contribution in [0.3, 0.4) is 0 Å². The van der Waals surface area contributed by atoms with Gasteiger partial charge in [0.05, 0.1) is 11.9 Å². The highest BCUT2D eigenvalue weighted by Crippen LogP contribution is 2.38. The highest BCUT2D eigenvalue weighted by atomic mass is 32.2. The van der Waals surface area contributed by atoms with Gasteiger partial charge in [-0.3, -0.25) is 4.90 Å². The van der Waals surface area contributed by atoms with Crippen LogP contribution in [0.4, 0.5) is 0 Å². The maximum Gasteiger partial charge on any atom is 0.153 e. The molecule has 0 saturated heterocycles. The zero-order valence-corrected chi connectivity index (χ0v) is 14.4. The quantitative estimate of drug-likeness (QED) is 0.721. The summed E-state index contributed by atoms with van der Waals surface area (Å²) in [6.45, 7) is 2.81. The smallest absolute Gasteiger partial charge is 0.153 e. The van der Waals surface area contributed by atoms with Crippen molar-refractivity contribution in [3.63, 3.8) is 0 Å². The van der Waals surface area contributed by atoms with E-state index >= 15 is 0 Å². The molecule has 3 aromatic rings. The molecule has 2 heterocycles. The Hall–Kier alpha value is -2.11. The van der Waals surface area contributed by atoms with Crippen molar-refractivity contribution in [2.45, 2.75) is 19.4 Å². The third kappa shape index (κ3) is 2.64. The second kappa shape index (κ2) is 6.07. The van der Waals surface area contributed by atoms with Gasteiger partial charge in [-0.1, -0.05) is 48.0 Å². The van der Waals surface area contributed by atoms with Crippen LogP contribution >= 0.6 is 0 Å². The van der Waals surface area contributed by atoms with Crippen LogP contribution in [-0.2, 0) is 17.1 Å². The van der Waals surface area contributed by atoms with E-state index in [4.69, 9.17) is 0 Å². The number of nitrogens with zero attached hydrogens (tertiary/aromatic N) is 1. The molecule has 1 N–H and O–H groups in total. The monoisotopic (exact) mass is 340 g/mol. The van der Waals surface area contributed by atoms with Crippen LogP contribution in [0, 0.1) is 6.92 Å². The van der Waals surface area contributed by atoms with Gasteiger partial charge in [-0.05, 0) is 30.5 Å². The van der Waals surface area contributed by atoms with Crippen molar-refractivity contribution in [1.29, 1.82) is 0 Å². The number of nitrogens with one attached hydrogen (secondary N) is 1. The zero-order chi connectivity index (χ0) is 16.7. The lowest BCUT2D eigenvalue weighted by Gasteiger charge is -2.34. The Labute approximate surface area is 143 Å². The highest BCUT2D eigenvalue weighted by Gasteiger charge is 2.31. The molecule has 0 spiro atoms. The number of fused-ring (bicyclic) bond motifs is 3. The Morgan fingerprint density at radius 2 is 1.88 bits per heavy atom. The molecule has 0 aliphatic carbocycles. The van der Waals surface area contributed by atoms with Crippen molar-refractivity contribution in [2.24, 2.45) is 0 Å². The van der Waals surface area contributed by atoms with Crippen molar-refractivity contribution in [2.75, 3.05) is 12.4 Å². The van der Waals surface area contributed by atoms with Crippen LogP contribution in [-0.4, -0.2) is 30.7 Å². The number of benzene rings is 2. The van der Waals surface area contributed by atoms with E-state index < -0.39 is 10.7 Å². The summed E-state index contributed by atoms with van der Waals surface area (Å²) in [6.07, 6.45) is 0.866. The number of thiol groups is 1. The summed E-state index contributed by atoms with van der Waals surface area (Å²) in [6, 6.07) is 16.6. The summed E-state index contributed by atoms with van der Waals surface area (Å²) >= 11 is 0. The molecule has 4 rings (SSSR count). The fourth-order valence-corrected chi connectivity index (χ4v) is 4.32. The fraction of sp³-hybridized carbons (Fsp3) is 0.263. The van der Waals surface area contributed by atoms with E-state index in [9.17, 15) is 8.42 Å². The summed E-state index contributed by atoms with van der Waals surface area (Å²) in [5, 5.41) is 1.25. The number of hydrogen-bond donors (Lipinski definition) is 2. The van der Waals surface area contributed by atoms with E-state index in [0.717, 1.165) is 29.7 Å². The normalized spacial score (nSPS) is 18.2. The molecule has 24 heavy (non-hydrogen) atoms. The van der Waals surface area contributed by atoms with Crippen LogP contribution in [0.1, 0.15) is 28.4 Å². The standard InChI is InChI=1S/C19H20N2O2S/c1-13-6-8-14(9-7-13)19-18-16(10-11-21(19)12-24(22)23)15-4-2-3-5-17(15)20-18/h2-9,19-20,24H,10-12H2,1H3. The summed E-state index contributed by atoms with van der Waals surface area (Å²) in [5.74, 6) is 0.0860. The number of aryl methyl sites for hydroxylation is 1. The molecule has 1 unspecified atom stereocenters. The van der Waals surface area contributed by atoms with Crippen molar-refractivity contribution in [3.8, 4) is 0 Å². The van der Waals surface area contributed by atoms with E-state index in [1.54, 1.807) is 0 Å². The molecule has 0 radical (unpaired) electrons. The predicted molar refractivity (Wildman–Crippen MR) is 96.9 cm³/mol. The number of H-pyrrole nitrogens is 1. The first-order valence-corrected chi connectivity index (χ1v) is 9.51. The molecular formula is C19H20N2O2S. The van der Waals surface area contributed by atoms with Gasteiger partial charge in [0.15, 0.2) is 10.7 Å². The van der Waals surface area contributed by atoms with E-state index in [-0.39, 0.29) is 11.9 Å². The molecule has 0 saturated carbocycles. The summed E-state index contributed by atoms with van der Waals surface area (Å²) in [4.78, 5) is 5.59. The van der Waals surface area contributed by atoms with Gasteiger partial charge in [0.2, 0.25) is 0 Å². The molecule has 4 nitrogen and oxygen atoms in total. The molecular weight excluding hydrogens is 320 g/mol. The average molecular weight is 340 g/mol. The lowest BCUT2D eigenvalue weighted by molar-refractivity contribution is 0.246. The Morgan fingerprint density at radius 3 is 2.62 bits per heavy atom. The van der Waals surface area contributed by atoms with Gasteiger partial charge in [0.25, 0.3) is 0 Å². The summed E-state index contributed by atoms with van der Waals surface area (Å²) in [7, 11) is -2.45. The van der Waals surface area contributed by atoms with E-state index in [2.05, 4.69) is 54.4 Å². The first-order chi connectivity index (χ1) is 11.6. The van der Waals surface area contributed by atoms with Gasteiger partial charge < -0.3 is 4.98 Å². The lowest BCUT2D eigenvalue weighted by Crippen LogP contribution is -2.37. The Kier molecular flexibility index (Phi) is 3.90. The lowest BCUT2D eigenvalue weighted by atomic mass is 9.92. The molecule has 1 aromatic heterocycles. The SMILES string of the molecule is Cc1ccc(C2c3[nH]c4ccccc4c3CCN2C[SH](=O)=O)cc1. The molecule has 0 bridgehead atoms. The first-order valence-electron chi connectivity index (χ1n) is 8.15. The highest BCUT2D eigenvalue weighted by molar-refractivity contribution is 7.72. The molecule has 2 aromatic carbocycles. The largest absolute Gasteiger partial charge is 0.357 e. The molecule has 1 aliphatic heterocycles. The maximum atomic E-state index is 11.4. The van der Waals surface area contributed by atoms with Crippen LogP contribution in [0.25, 0.3) is 10.9 Å². The van der Waals surface area contributed by atoms with Crippen LogP contribution in [0.15, 0.2) is 48.5 Å². The maximum absolute atomic E-state index is 11.4. The second-order valence-corrected chi connectivity index (χ2v) is 7.36. The van der Waals surface area contributed by atoms with E-state index in [0.29, 0.717) is 0 Å². The van der Waals surface area contributed by atoms with Gasteiger partial charge >= 0.3 is 0 Å². The number of rotatable bonds is 3. The number of aromatic nitrogens is 1. The Balaban J connectivity index is 1.89. The first kappa shape index (κ1) is 15.4. The van der Waals surface area contributed by atoms with Crippen LogP contribution < -0.4 is 0 Å². The van der Waals surface area contributed by atoms with Gasteiger partial charge in [0, 0.05) is 23.1 Å². The predicted octanol–water partition coefficient (Wildman–Crippen LogP) is 2.99. The molecule has 0 amide bonds. The van der Waals surface area contributed by atoms with Crippen molar-refractivity contribution in [3.05, 3.63) is 70.9 Å². The minimum absolute atomic E-state index is 0.0466. The van der Waals surface area contributed by atoms with Crippen molar-refractivity contribution >= 4 is 21.6 Å². The van der Waals surface area contributed by atoms with Gasteiger partial charge in [-0.15, -0.1) is 0 Å². The summed E-state index contributed by atoms with van der Waals surface area (Å²) < 4.78 is 22.7. The van der Waals surface area contributed by atoms with Crippen LogP contribution in [0.2, 0.25) is 0 Å². The second-order valence-electron chi connectivity index (χ2n) is 6.41.